The molecule has 6 heteroatoms. The largest absolute Gasteiger partial charge is 0.480 e. The third-order valence-corrected chi connectivity index (χ3v) is 2.24. The van der Waals surface area contributed by atoms with Gasteiger partial charge in [-0.25, -0.2) is 0 Å². The van der Waals surface area contributed by atoms with Gasteiger partial charge in [-0.2, -0.15) is 0 Å². The minimum atomic E-state index is -0.970. The van der Waals surface area contributed by atoms with E-state index in [-0.39, 0.29) is 19.0 Å². The fourth-order valence-electron chi connectivity index (χ4n) is 1.50. The van der Waals surface area contributed by atoms with Crippen LogP contribution in [0.2, 0.25) is 0 Å². The third-order valence-electron chi connectivity index (χ3n) is 2.24. The molecule has 1 rings (SSSR count). The van der Waals surface area contributed by atoms with Crippen LogP contribution >= 0.6 is 0 Å². The zero-order valence-corrected chi connectivity index (χ0v) is 7.90. The Balaban J connectivity index is 2.63. The van der Waals surface area contributed by atoms with Gasteiger partial charge in [0.15, 0.2) is 0 Å². The van der Waals surface area contributed by atoms with Gasteiger partial charge >= 0.3 is 5.97 Å². The topological polar surface area (TPSA) is 95.7 Å². The van der Waals surface area contributed by atoms with Crippen molar-refractivity contribution in [1.29, 1.82) is 0 Å². The summed E-state index contributed by atoms with van der Waals surface area (Å²) in [5, 5.41) is 11.5. The molecule has 1 aliphatic rings. The molecule has 0 spiro atoms. The Labute approximate surface area is 82.1 Å². The second-order valence-corrected chi connectivity index (χ2v) is 3.26. The van der Waals surface area contributed by atoms with Crippen molar-refractivity contribution in [3.8, 4) is 0 Å². The highest BCUT2D eigenvalue weighted by Gasteiger charge is 2.26. The van der Waals surface area contributed by atoms with Gasteiger partial charge in [0.25, 0.3) is 0 Å². The molecule has 1 unspecified atom stereocenters. The van der Waals surface area contributed by atoms with Gasteiger partial charge < -0.3 is 16.2 Å². The predicted molar refractivity (Wildman–Crippen MR) is 49.7 cm³/mol. The quantitative estimate of drug-likeness (QED) is 0.501. The van der Waals surface area contributed by atoms with E-state index >= 15 is 0 Å². The summed E-state index contributed by atoms with van der Waals surface area (Å²) in [5.74, 6) is -1.11. The third kappa shape index (κ3) is 2.68. The Hall–Kier alpha value is -1.14. The van der Waals surface area contributed by atoms with Gasteiger partial charge in [0.05, 0.1) is 6.54 Å². The monoisotopic (exact) mass is 201 g/mol. The first-order valence-electron chi connectivity index (χ1n) is 4.58. The fraction of sp³-hybridized carbons (Fsp3) is 0.750. The first-order chi connectivity index (χ1) is 6.65. The van der Waals surface area contributed by atoms with E-state index in [4.69, 9.17) is 10.8 Å². The summed E-state index contributed by atoms with van der Waals surface area (Å²) in [6, 6.07) is -0.751. The van der Waals surface area contributed by atoms with Crippen LogP contribution in [0, 0.1) is 0 Å². The van der Waals surface area contributed by atoms with E-state index in [1.165, 1.54) is 0 Å². The van der Waals surface area contributed by atoms with E-state index in [0.717, 1.165) is 6.42 Å². The number of amides is 1. The average molecular weight is 201 g/mol. The Morgan fingerprint density at radius 3 is 3.00 bits per heavy atom. The van der Waals surface area contributed by atoms with Gasteiger partial charge in [-0.1, -0.05) is 0 Å². The molecule has 0 radical (unpaired) electrons. The second kappa shape index (κ2) is 4.92. The summed E-state index contributed by atoms with van der Waals surface area (Å²) in [7, 11) is 0. The Morgan fingerprint density at radius 1 is 1.71 bits per heavy atom. The number of carboxylic acid groups (broad SMARTS) is 1. The summed E-state index contributed by atoms with van der Waals surface area (Å²) < 4.78 is 0. The van der Waals surface area contributed by atoms with E-state index in [1.54, 1.807) is 4.90 Å². The molecule has 1 saturated heterocycles. The van der Waals surface area contributed by atoms with Crippen molar-refractivity contribution < 1.29 is 14.7 Å². The molecule has 0 aromatic carbocycles. The normalized spacial score (nSPS) is 21.1. The number of nitrogens with one attached hydrogen (secondary N) is 1. The van der Waals surface area contributed by atoms with Crippen LogP contribution < -0.4 is 11.1 Å². The van der Waals surface area contributed by atoms with E-state index in [9.17, 15) is 9.59 Å². The van der Waals surface area contributed by atoms with Crippen LogP contribution in [-0.4, -0.2) is 54.1 Å². The molecule has 14 heavy (non-hydrogen) atoms. The maximum Gasteiger partial charge on any atom is 0.322 e. The lowest BCUT2D eigenvalue weighted by Gasteiger charge is -2.24. The molecule has 1 fully saturated rings. The zero-order chi connectivity index (χ0) is 10.6. The van der Waals surface area contributed by atoms with Crippen molar-refractivity contribution in [2.24, 2.45) is 5.73 Å². The van der Waals surface area contributed by atoms with Crippen molar-refractivity contribution in [1.82, 2.24) is 10.2 Å². The molecule has 0 bridgehead atoms. The van der Waals surface area contributed by atoms with Crippen LogP contribution in [0.15, 0.2) is 0 Å². The molecule has 4 N–H and O–H groups in total. The highest BCUT2D eigenvalue weighted by Crippen LogP contribution is 2.02. The van der Waals surface area contributed by atoms with Crippen LogP contribution in [-0.2, 0) is 9.59 Å². The molecule has 80 valence electrons. The summed E-state index contributed by atoms with van der Waals surface area (Å²) >= 11 is 0. The minimum absolute atomic E-state index is 0.0304. The molecule has 0 aliphatic carbocycles. The van der Waals surface area contributed by atoms with Crippen molar-refractivity contribution in [2.45, 2.75) is 12.5 Å². The maximum absolute atomic E-state index is 11.1. The Bertz CT molecular complexity index is 230. The number of carboxylic acids is 1. The van der Waals surface area contributed by atoms with E-state index in [0.29, 0.717) is 13.1 Å². The van der Waals surface area contributed by atoms with Crippen LogP contribution in [0.4, 0.5) is 0 Å². The molecule has 1 amide bonds. The lowest BCUT2D eigenvalue weighted by atomic mass is 10.2. The number of hydrogen-bond donors (Lipinski definition) is 3. The van der Waals surface area contributed by atoms with Gasteiger partial charge in [0.1, 0.15) is 6.04 Å². The summed E-state index contributed by atoms with van der Waals surface area (Å²) in [5.41, 5.74) is 5.35. The maximum atomic E-state index is 11.1. The average Bonchev–Trinajstić information content (AvgIpc) is 2.31. The van der Waals surface area contributed by atoms with E-state index < -0.39 is 12.0 Å². The van der Waals surface area contributed by atoms with Gasteiger partial charge in [0, 0.05) is 19.6 Å². The van der Waals surface area contributed by atoms with Crippen molar-refractivity contribution >= 4 is 11.9 Å². The molecule has 1 aliphatic heterocycles. The molecule has 0 aromatic rings. The van der Waals surface area contributed by atoms with Gasteiger partial charge in [0.2, 0.25) is 5.91 Å². The molecular formula is C8H15N3O3. The van der Waals surface area contributed by atoms with Gasteiger partial charge in [-0.3, -0.25) is 14.5 Å². The van der Waals surface area contributed by atoms with E-state index in [1.807, 2.05) is 0 Å². The highest BCUT2D eigenvalue weighted by molar-refractivity contribution is 5.80. The Kier molecular flexibility index (Phi) is 3.84. The number of nitrogens with two attached hydrogens (primary N) is 1. The van der Waals surface area contributed by atoms with E-state index in [2.05, 4.69) is 5.32 Å². The molecule has 1 atom stereocenters. The number of aliphatic carboxylic acids is 1. The minimum Gasteiger partial charge on any atom is -0.480 e. The fourth-order valence-corrected chi connectivity index (χ4v) is 1.50. The van der Waals surface area contributed by atoms with Gasteiger partial charge in [-0.15, -0.1) is 0 Å². The first kappa shape index (κ1) is 10.9. The molecule has 6 nitrogen and oxygen atoms in total. The number of rotatable bonds is 3. The summed E-state index contributed by atoms with van der Waals surface area (Å²) in [6.07, 6.45) is 0.759. The lowest BCUT2D eigenvalue weighted by molar-refractivity contribution is -0.143. The van der Waals surface area contributed by atoms with Crippen LogP contribution in [0.3, 0.4) is 0 Å². The van der Waals surface area contributed by atoms with Crippen LogP contribution in [0.5, 0.6) is 0 Å². The van der Waals surface area contributed by atoms with Crippen LogP contribution in [0.1, 0.15) is 6.42 Å². The smallest absolute Gasteiger partial charge is 0.322 e. The molecular weight excluding hydrogens is 186 g/mol. The summed E-state index contributed by atoms with van der Waals surface area (Å²) in [6.45, 7) is 1.34. The predicted octanol–water partition coefficient (Wildman–Crippen LogP) is -1.78. The van der Waals surface area contributed by atoms with Crippen molar-refractivity contribution in [3.63, 3.8) is 0 Å². The first-order valence-corrected chi connectivity index (χ1v) is 4.58. The van der Waals surface area contributed by atoms with Crippen LogP contribution in [0.25, 0.3) is 0 Å². The standard InChI is InChI=1S/C8H15N3O3/c9-4-6(8(13)14)11-3-1-2-10-7(12)5-11/h6H,1-5,9H2,(H,10,12)(H,13,14). The zero-order valence-electron chi connectivity index (χ0n) is 7.90. The number of hydrogen-bond acceptors (Lipinski definition) is 4. The second-order valence-electron chi connectivity index (χ2n) is 3.26. The summed E-state index contributed by atoms with van der Waals surface area (Å²) in [4.78, 5) is 23.5. The molecule has 0 saturated carbocycles. The number of nitrogens with zero attached hydrogens (tertiary/aromatic N) is 1. The van der Waals surface area contributed by atoms with Gasteiger partial charge in [-0.05, 0) is 6.42 Å². The number of carbonyl (C=O) groups excluding carboxylic acids is 1. The van der Waals surface area contributed by atoms with Crippen molar-refractivity contribution in [2.75, 3.05) is 26.2 Å². The highest BCUT2D eigenvalue weighted by atomic mass is 16.4. The SMILES string of the molecule is NCC(C(=O)O)N1CCCNC(=O)C1. The number of carbonyl (C=O) groups is 2. The molecule has 0 aromatic heterocycles. The lowest BCUT2D eigenvalue weighted by Crippen LogP contribution is -2.48. The molecule has 1 heterocycles. The Morgan fingerprint density at radius 2 is 2.43 bits per heavy atom. The van der Waals surface area contributed by atoms with Crippen molar-refractivity contribution in [3.05, 3.63) is 0 Å².